The lowest BCUT2D eigenvalue weighted by molar-refractivity contribution is -0.0374. The number of halogens is 2. The van der Waals surface area contributed by atoms with Gasteiger partial charge in [-0.1, -0.05) is 29.3 Å². The van der Waals surface area contributed by atoms with E-state index in [1.54, 1.807) is 23.1 Å². The van der Waals surface area contributed by atoms with E-state index in [0.717, 1.165) is 5.57 Å². The molecule has 150 valence electrons. The minimum absolute atomic E-state index is 0.0118. The van der Waals surface area contributed by atoms with Gasteiger partial charge in [0.25, 0.3) is 5.91 Å². The fourth-order valence-corrected chi connectivity index (χ4v) is 3.77. The highest BCUT2D eigenvalue weighted by Gasteiger charge is 2.38. The molecule has 1 aliphatic rings. The van der Waals surface area contributed by atoms with Crippen molar-refractivity contribution >= 4 is 34.7 Å². The molecule has 0 aliphatic carbocycles. The summed E-state index contributed by atoms with van der Waals surface area (Å²) in [7, 11) is 0. The molecule has 8 heteroatoms. The van der Waals surface area contributed by atoms with Crippen molar-refractivity contribution in [1.29, 1.82) is 0 Å². The second-order valence-corrected chi connectivity index (χ2v) is 8.25. The number of carbonyl (C=O) groups excluding carboxylic acids is 1. The maximum absolute atomic E-state index is 13.2. The van der Waals surface area contributed by atoms with Crippen LogP contribution in [0.1, 0.15) is 43.9 Å². The highest BCUT2D eigenvalue weighted by Crippen LogP contribution is 2.34. The zero-order valence-corrected chi connectivity index (χ0v) is 17.8. The molecule has 2 heterocycles. The Kier molecular flexibility index (Phi) is 5.75. The van der Waals surface area contributed by atoms with Gasteiger partial charge in [-0.3, -0.25) is 4.79 Å². The Morgan fingerprint density at radius 1 is 1.29 bits per heavy atom. The second-order valence-electron chi connectivity index (χ2n) is 7.38. The van der Waals surface area contributed by atoms with E-state index in [4.69, 9.17) is 27.9 Å². The first kappa shape index (κ1) is 20.7. The van der Waals surface area contributed by atoms with Crippen LogP contribution in [0.5, 0.6) is 5.75 Å². The van der Waals surface area contributed by atoms with Crippen molar-refractivity contribution in [1.82, 2.24) is 14.7 Å². The summed E-state index contributed by atoms with van der Waals surface area (Å²) in [5, 5.41) is 16.2. The van der Waals surface area contributed by atoms with Crippen molar-refractivity contribution < 1.29 is 14.6 Å². The molecular formula is C20H23Cl2N3O3. The average molecular weight is 424 g/mol. The molecule has 6 nitrogen and oxygen atoms in total. The van der Waals surface area contributed by atoms with E-state index in [9.17, 15) is 9.90 Å². The SMILES string of the molecule is C/C=C(\C)c1c(O)c(C(=O)N2CCOCC2(C)C)nn1-c1cc(Cl)cc(Cl)c1. The Morgan fingerprint density at radius 3 is 2.50 bits per heavy atom. The molecule has 0 bridgehead atoms. The molecule has 2 aromatic rings. The molecule has 1 aromatic carbocycles. The van der Waals surface area contributed by atoms with E-state index in [0.29, 0.717) is 41.2 Å². The fourth-order valence-electron chi connectivity index (χ4n) is 3.26. The average Bonchev–Trinajstić information content (AvgIpc) is 2.96. The van der Waals surface area contributed by atoms with Crippen molar-refractivity contribution in [3.63, 3.8) is 0 Å². The van der Waals surface area contributed by atoms with E-state index < -0.39 is 5.54 Å². The molecule has 0 radical (unpaired) electrons. The third-order valence-electron chi connectivity index (χ3n) is 4.85. The number of carbonyl (C=O) groups is 1. The molecule has 1 aliphatic heterocycles. The number of allylic oxidation sites excluding steroid dienone is 2. The van der Waals surface area contributed by atoms with E-state index in [1.165, 1.54) is 4.68 Å². The number of nitrogens with zero attached hydrogens (tertiary/aromatic N) is 3. The number of hydrogen-bond donors (Lipinski definition) is 1. The lowest BCUT2D eigenvalue weighted by Gasteiger charge is -2.41. The Hall–Kier alpha value is -2.02. The molecule has 0 spiro atoms. The molecule has 1 N–H and O–H groups in total. The van der Waals surface area contributed by atoms with Gasteiger partial charge in [-0.15, -0.1) is 0 Å². The Balaban J connectivity index is 2.16. The first-order valence-corrected chi connectivity index (χ1v) is 9.72. The van der Waals surface area contributed by atoms with Gasteiger partial charge in [0.15, 0.2) is 11.4 Å². The minimum atomic E-state index is -0.499. The predicted octanol–water partition coefficient (Wildman–Crippen LogP) is 4.56. The van der Waals surface area contributed by atoms with Crippen molar-refractivity contribution in [2.24, 2.45) is 0 Å². The van der Waals surface area contributed by atoms with Crippen LogP contribution < -0.4 is 0 Å². The van der Waals surface area contributed by atoms with Gasteiger partial charge in [-0.25, -0.2) is 4.68 Å². The van der Waals surface area contributed by atoms with E-state index in [1.807, 2.05) is 33.8 Å². The lowest BCUT2D eigenvalue weighted by atomic mass is 10.0. The van der Waals surface area contributed by atoms with Gasteiger partial charge in [0.05, 0.1) is 24.4 Å². The summed E-state index contributed by atoms with van der Waals surface area (Å²) in [6.07, 6.45) is 1.84. The van der Waals surface area contributed by atoms with Gasteiger partial charge >= 0.3 is 0 Å². The quantitative estimate of drug-likeness (QED) is 0.785. The summed E-state index contributed by atoms with van der Waals surface area (Å²) in [6.45, 7) is 8.83. The lowest BCUT2D eigenvalue weighted by Crippen LogP contribution is -2.55. The largest absolute Gasteiger partial charge is 0.504 e. The molecule has 0 saturated carbocycles. The second kappa shape index (κ2) is 7.78. The van der Waals surface area contributed by atoms with Crippen LogP contribution in [0.25, 0.3) is 11.3 Å². The summed E-state index contributed by atoms with van der Waals surface area (Å²) in [5.74, 6) is -0.512. The molecule has 1 saturated heterocycles. The van der Waals surface area contributed by atoms with Crippen LogP contribution in [0.2, 0.25) is 10.0 Å². The van der Waals surface area contributed by atoms with Crippen LogP contribution in [0.4, 0.5) is 0 Å². The van der Waals surface area contributed by atoms with Crippen LogP contribution in [-0.4, -0.2) is 51.0 Å². The Morgan fingerprint density at radius 2 is 1.93 bits per heavy atom. The van der Waals surface area contributed by atoms with Gasteiger partial charge in [0, 0.05) is 16.6 Å². The maximum Gasteiger partial charge on any atom is 0.278 e. The van der Waals surface area contributed by atoms with Gasteiger partial charge in [-0.2, -0.15) is 5.10 Å². The van der Waals surface area contributed by atoms with Crippen molar-refractivity contribution in [2.45, 2.75) is 33.2 Å². The zero-order valence-electron chi connectivity index (χ0n) is 16.3. The number of rotatable bonds is 3. The number of morpholine rings is 1. The molecule has 0 unspecified atom stereocenters. The summed E-state index contributed by atoms with van der Waals surface area (Å²) in [4.78, 5) is 14.9. The predicted molar refractivity (Wildman–Crippen MR) is 111 cm³/mol. The van der Waals surface area contributed by atoms with E-state index >= 15 is 0 Å². The summed E-state index contributed by atoms with van der Waals surface area (Å²) in [6, 6.07) is 4.97. The first-order valence-electron chi connectivity index (χ1n) is 8.97. The van der Waals surface area contributed by atoms with Gasteiger partial charge < -0.3 is 14.7 Å². The molecule has 28 heavy (non-hydrogen) atoms. The standard InChI is InChI=1S/C20H23Cl2N3O3/c1-5-12(2)17-18(26)16(19(27)24-6-7-28-11-20(24,3)4)23-25(17)15-9-13(21)8-14(22)10-15/h5,8-10,26H,6-7,11H2,1-4H3/b12-5+. The number of ether oxygens (including phenoxy) is 1. The zero-order chi connectivity index (χ0) is 20.6. The molecule has 0 atom stereocenters. The number of aromatic hydroxyl groups is 1. The van der Waals surface area contributed by atoms with Crippen molar-refractivity contribution in [2.75, 3.05) is 19.8 Å². The number of hydrogen-bond acceptors (Lipinski definition) is 4. The molecule has 3 rings (SSSR count). The first-order chi connectivity index (χ1) is 13.2. The topological polar surface area (TPSA) is 67.6 Å². The Labute approximate surface area is 174 Å². The molecule has 1 amide bonds. The smallest absolute Gasteiger partial charge is 0.278 e. The van der Waals surface area contributed by atoms with Crippen LogP contribution in [0, 0.1) is 0 Å². The van der Waals surface area contributed by atoms with Gasteiger partial charge in [-0.05, 0) is 51.5 Å². The third-order valence-corrected chi connectivity index (χ3v) is 5.29. The van der Waals surface area contributed by atoms with Crippen LogP contribution in [-0.2, 0) is 4.74 Å². The van der Waals surface area contributed by atoms with Crippen LogP contribution >= 0.6 is 23.2 Å². The monoisotopic (exact) mass is 423 g/mol. The third kappa shape index (κ3) is 3.77. The van der Waals surface area contributed by atoms with Crippen molar-refractivity contribution in [3.05, 3.63) is 45.7 Å². The molecular weight excluding hydrogens is 401 g/mol. The van der Waals surface area contributed by atoms with Crippen molar-refractivity contribution in [3.8, 4) is 11.4 Å². The van der Waals surface area contributed by atoms with Gasteiger partial charge in [0.1, 0.15) is 5.69 Å². The fraction of sp³-hybridized carbons (Fsp3) is 0.400. The number of benzene rings is 1. The van der Waals surface area contributed by atoms with E-state index in [-0.39, 0.29) is 17.4 Å². The summed E-state index contributed by atoms with van der Waals surface area (Å²) >= 11 is 12.3. The summed E-state index contributed by atoms with van der Waals surface area (Å²) < 4.78 is 6.99. The van der Waals surface area contributed by atoms with Gasteiger partial charge in [0.2, 0.25) is 0 Å². The summed E-state index contributed by atoms with van der Waals surface area (Å²) in [5.41, 5.74) is 1.24. The Bertz CT molecular complexity index is 930. The molecule has 1 aromatic heterocycles. The van der Waals surface area contributed by atoms with E-state index in [2.05, 4.69) is 5.10 Å². The normalized spacial score (nSPS) is 17.1. The number of amides is 1. The highest BCUT2D eigenvalue weighted by molar-refractivity contribution is 6.34. The van der Waals surface area contributed by atoms with Crippen LogP contribution in [0.15, 0.2) is 24.3 Å². The number of aromatic nitrogens is 2. The minimum Gasteiger partial charge on any atom is -0.504 e. The highest BCUT2D eigenvalue weighted by atomic mass is 35.5. The molecule has 1 fully saturated rings. The van der Waals surface area contributed by atoms with Crippen LogP contribution in [0.3, 0.4) is 0 Å². The maximum atomic E-state index is 13.2.